The van der Waals surface area contributed by atoms with E-state index >= 15 is 0 Å². The van der Waals surface area contributed by atoms with Gasteiger partial charge in [0, 0.05) is 36.6 Å². The van der Waals surface area contributed by atoms with Crippen LogP contribution in [0.4, 0.5) is 0 Å². The first-order valence-electron chi connectivity index (χ1n) is 31.3. The third-order valence-electron chi connectivity index (χ3n) is 14.4. The van der Waals surface area contributed by atoms with E-state index in [0.717, 1.165) is 6.92 Å². The van der Waals surface area contributed by atoms with Crippen molar-refractivity contribution in [1.29, 1.82) is 0 Å². The van der Waals surface area contributed by atoms with Gasteiger partial charge < -0.3 is 123 Å². The highest BCUT2D eigenvalue weighted by Gasteiger charge is 2.38. The second-order valence-corrected chi connectivity index (χ2v) is 23.8. The molecule has 0 unspecified atom stereocenters. The maximum absolute atomic E-state index is 14.3. The first-order chi connectivity index (χ1) is 46.3. The van der Waals surface area contributed by atoms with E-state index in [1.54, 1.807) is 44.3 Å². The Morgan fingerprint density at radius 3 is 1.44 bits per heavy atom. The zero-order valence-electron chi connectivity index (χ0n) is 55.8. The quantitative estimate of drug-likeness (QED) is 0.0166. The minimum Gasteiger partial charge on any atom is -0.481 e. The lowest BCUT2D eigenvalue weighted by Crippen LogP contribution is -2.62. The summed E-state index contributed by atoms with van der Waals surface area (Å²) in [5.74, 6) is -19.4. The summed E-state index contributed by atoms with van der Waals surface area (Å²) in [6.07, 6.45) is -3.37. The predicted molar refractivity (Wildman–Crippen MR) is 352 cm³/mol. The maximum atomic E-state index is 14.3. The number of aromatic nitrogens is 1. The van der Waals surface area contributed by atoms with E-state index in [2.05, 4.69) is 78.8 Å². The molecule has 0 bridgehead atoms. The van der Waals surface area contributed by atoms with Crippen molar-refractivity contribution >= 4 is 112 Å². The fourth-order valence-electron chi connectivity index (χ4n) is 9.26. The van der Waals surface area contributed by atoms with Gasteiger partial charge in [0.1, 0.15) is 67.0 Å². The first kappa shape index (κ1) is 84.3. The first-order valence-corrected chi connectivity index (χ1v) is 31.3. The van der Waals surface area contributed by atoms with Gasteiger partial charge in [-0.3, -0.25) is 81.9 Å². The Balaban J connectivity index is 2.40. The van der Waals surface area contributed by atoms with Crippen molar-refractivity contribution in [2.75, 3.05) is 32.8 Å². The van der Waals surface area contributed by atoms with Crippen LogP contribution in [0, 0.1) is 11.8 Å². The van der Waals surface area contributed by atoms with Crippen LogP contribution in [0.5, 0.6) is 0 Å². The lowest BCUT2D eigenvalue weighted by molar-refractivity contribution is -0.141. The molecule has 2 aromatic rings. The number of carboxylic acids is 3. The molecule has 1 aromatic heterocycles. The number of carboxylic acid groups (broad SMARTS) is 3. The second kappa shape index (κ2) is 42.0. The SMILES string of the molecule is CC(C)C[C@H](NC(=O)[C@H](CC(=O)O)NC(=O)CNC(=O)[C@H](CC(=O)O)NC(=O)[C@H](CCCN=C(N)N)NC(=O)[C@@H](NC(=O)[C@H](Cc1c[nH]c2ccccc12)NC(=O)[C@H](C)NC(=O)[C@H](CO)NC(=O)[C@H](C)N)[C@@H](C)O)C(=O)N[C@H](C(=O)N[C@@H](CCCN=C(N)N)C(=O)NCC(=O)O)C(C)C. The summed E-state index contributed by atoms with van der Waals surface area (Å²) in [7, 11) is 0. The minimum atomic E-state index is -2.06. The molecule has 0 saturated heterocycles. The van der Waals surface area contributed by atoms with Crippen molar-refractivity contribution in [3.8, 4) is 0 Å². The Hall–Kier alpha value is -10.8. The predicted octanol–water partition coefficient (Wildman–Crippen LogP) is -8.63. The molecule has 550 valence electrons. The number of aliphatic carboxylic acids is 3. The lowest BCUT2D eigenvalue weighted by Gasteiger charge is -2.28. The molecule has 99 heavy (non-hydrogen) atoms. The van der Waals surface area contributed by atoms with E-state index in [1.165, 1.54) is 27.7 Å². The van der Waals surface area contributed by atoms with Crippen molar-refractivity contribution in [1.82, 2.24) is 68.8 Å². The Morgan fingerprint density at radius 2 is 0.929 bits per heavy atom. The number of carbonyl (C=O) groups excluding carboxylic acids is 12. The molecule has 12 amide bonds. The number of hydrogen-bond donors (Lipinski definition) is 23. The number of aliphatic hydroxyl groups is 2. The van der Waals surface area contributed by atoms with Crippen molar-refractivity contribution in [2.24, 2.45) is 50.5 Å². The summed E-state index contributed by atoms with van der Waals surface area (Å²) in [6, 6.07) is -10.8. The van der Waals surface area contributed by atoms with E-state index in [9.17, 15) is 92.3 Å². The molecule has 0 aliphatic heterocycles. The summed E-state index contributed by atoms with van der Waals surface area (Å²) in [5.41, 5.74) is 28.3. The average Bonchev–Trinajstić information content (AvgIpc) is 1.78. The van der Waals surface area contributed by atoms with E-state index in [1.807, 2.05) is 0 Å². The van der Waals surface area contributed by atoms with Gasteiger partial charge >= 0.3 is 17.9 Å². The van der Waals surface area contributed by atoms with Crippen molar-refractivity contribution in [2.45, 2.75) is 172 Å². The van der Waals surface area contributed by atoms with Gasteiger partial charge in [0.25, 0.3) is 0 Å². The summed E-state index contributed by atoms with van der Waals surface area (Å²) in [6.45, 7) is 7.08. The molecule has 40 nitrogen and oxygen atoms in total. The molecule has 0 aliphatic carbocycles. The number of aliphatic hydroxyl groups excluding tert-OH is 2. The number of benzene rings is 1. The summed E-state index contributed by atoms with van der Waals surface area (Å²) < 4.78 is 0. The number of aromatic amines is 1. The molecule has 0 fully saturated rings. The van der Waals surface area contributed by atoms with Gasteiger partial charge in [-0.1, -0.05) is 45.9 Å². The Labute approximate surface area is 567 Å². The normalized spacial score (nSPS) is 14.7. The molecule has 12 atom stereocenters. The molecule has 2 rings (SSSR count). The van der Waals surface area contributed by atoms with Gasteiger partial charge in [-0.25, -0.2) is 0 Å². The largest absolute Gasteiger partial charge is 0.481 e. The molecule has 1 heterocycles. The number of rotatable bonds is 44. The highest BCUT2D eigenvalue weighted by Crippen LogP contribution is 2.20. The summed E-state index contributed by atoms with van der Waals surface area (Å²) in [5, 5.41) is 77.8. The van der Waals surface area contributed by atoms with E-state index < -0.39 is 200 Å². The number of nitrogens with zero attached hydrogens (tertiary/aromatic N) is 2. The standard InChI is InChI=1S/C59H94N20O20/c1-26(2)18-36(53(95)78-45(27(3)4)56(98)72-34(14-10-16-65-58(61)62)49(91)69-24-44(87)88)75-52(94)39(21-43(85)86)71-41(82)23-68-50(92)38(20-42(83)84)76-51(93)35(15-11-17-66-59(63)64)73-57(99)46(30(7)81)79-54(96)37(19-31-22-67-33-13-9-8-12-32(31)33)74-48(90)29(6)70-55(97)40(25-80)77-47(89)28(5)60/h8-9,12-13,22,26-30,34-40,45-46,67,80-81H,10-11,14-21,23-25,60H2,1-7H3,(H,68,92)(H,69,91)(H,70,97)(H,71,82)(H,72,98)(H,73,99)(H,74,90)(H,75,94)(H,76,93)(H,77,89)(H,78,95)(H,79,96)(H,83,84)(H,85,86)(H,87,88)(H4,61,62,65)(H4,63,64,66)/t28-,29-,30+,34-,35-,36-,37-,38-,39-,40-,45-,46-/m0/s1. The minimum absolute atomic E-state index is 0.0283. The number of guanidine groups is 2. The summed E-state index contributed by atoms with van der Waals surface area (Å²) >= 11 is 0. The average molecular weight is 1400 g/mol. The molecule has 0 aliphatic rings. The number of para-hydroxylation sites is 1. The smallest absolute Gasteiger partial charge is 0.322 e. The third kappa shape index (κ3) is 30.9. The number of fused-ring (bicyclic) bond motifs is 1. The monoisotopic (exact) mass is 1400 g/mol. The molecule has 0 spiro atoms. The number of carbonyl (C=O) groups is 15. The lowest BCUT2D eigenvalue weighted by atomic mass is 9.99. The van der Waals surface area contributed by atoms with Crippen molar-refractivity contribution < 1.29 is 97.5 Å². The summed E-state index contributed by atoms with van der Waals surface area (Å²) in [4.78, 5) is 209. The number of nitrogens with one attached hydrogen (secondary N) is 13. The Kier molecular flexibility index (Phi) is 35.8. The van der Waals surface area contributed by atoms with E-state index in [0.29, 0.717) is 16.5 Å². The van der Waals surface area contributed by atoms with Crippen LogP contribution in [0.2, 0.25) is 0 Å². The zero-order valence-corrected chi connectivity index (χ0v) is 55.8. The Morgan fingerprint density at radius 1 is 0.485 bits per heavy atom. The van der Waals surface area contributed by atoms with Gasteiger partial charge in [-0.15, -0.1) is 0 Å². The van der Waals surface area contributed by atoms with Crippen LogP contribution in [-0.4, -0.2) is 237 Å². The van der Waals surface area contributed by atoms with Crippen molar-refractivity contribution in [3.05, 3.63) is 36.0 Å². The number of amides is 12. The topological polar surface area (TPSA) is 672 Å². The number of H-pyrrole nitrogens is 1. The number of hydrogen-bond acceptors (Lipinski definition) is 20. The molecule has 0 radical (unpaired) electrons. The van der Waals surface area contributed by atoms with Crippen LogP contribution in [0.15, 0.2) is 40.4 Å². The fourth-order valence-corrected chi connectivity index (χ4v) is 9.26. The molecule has 28 N–H and O–H groups in total. The van der Waals surface area contributed by atoms with Crippen LogP contribution in [-0.2, 0) is 78.3 Å². The molecule has 0 saturated carbocycles. The van der Waals surface area contributed by atoms with Gasteiger partial charge in [-0.2, -0.15) is 0 Å². The van der Waals surface area contributed by atoms with Gasteiger partial charge in [0.05, 0.1) is 38.1 Å². The molecular weight excluding hydrogens is 1310 g/mol. The van der Waals surface area contributed by atoms with Crippen LogP contribution in [0.3, 0.4) is 0 Å². The Bertz CT molecular complexity index is 3240. The highest BCUT2D eigenvalue weighted by molar-refractivity contribution is 6.00. The molecular formula is C59H94N20O20. The van der Waals surface area contributed by atoms with Crippen molar-refractivity contribution in [3.63, 3.8) is 0 Å². The number of aliphatic imine (C=N–C) groups is 2. The number of nitrogens with two attached hydrogens (primary N) is 5. The van der Waals surface area contributed by atoms with Crippen LogP contribution in [0.25, 0.3) is 10.9 Å². The van der Waals surface area contributed by atoms with E-state index in [4.69, 9.17) is 33.8 Å². The fraction of sp³-hybridized carbons (Fsp3) is 0.576. The van der Waals surface area contributed by atoms with Crippen LogP contribution in [0.1, 0.15) is 99.0 Å². The third-order valence-corrected chi connectivity index (χ3v) is 14.4. The molecule has 1 aromatic carbocycles. The zero-order chi connectivity index (χ0) is 75.0. The van der Waals surface area contributed by atoms with Gasteiger partial charge in [0.15, 0.2) is 11.9 Å². The van der Waals surface area contributed by atoms with Crippen LogP contribution < -0.4 is 92.5 Å². The van der Waals surface area contributed by atoms with Gasteiger partial charge in [0.2, 0.25) is 70.9 Å². The highest BCUT2D eigenvalue weighted by atomic mass is 16.4. The van der Waals surface area contributed by atoms with E-state index in [-0.39, 0.29) is 69.5 Å². The van der Waals surface area contributed by atoms with Crippen LogP contribution >= 0.6 is 0 Å². The second-order valence-electron chi connectivity index (χ2n) is 23.8. The maximum Gasteiger partial charge on any atom is 0.322 e. The van der Waals surface area contributed by atoms with Gasteiger partial charge in [-0.05, 0) is 76.3 Å². The molecule has 40 heteroatoms.